The van der Waals surface area contributed by atoms with E-state index in [9.17, 15) is 18.0 Å². The summed E-state index contributed by atoms with van der Waals surface area (Å²) in [7, 11) is -3.64. The molecule has 4 N–H and O–H groups in total. The molecule has 1 saturated carbocycles. The number of rotatable bonds is 5. The summed E-state index contributed by atoms with van der Waals surface area (Å²) < 4.78 is 24.5. The van der Waals surface area contributed by atoms with Gasteiger partial charge < -0.3 is 15.6 Å². The lowest BCUT2D eigenvalue weighted by Gasteiger charge is -2.30. The SMILES string of the molecule is CS(=O)(=O)NC(=O)c1cc2cc(NC(=O)[C@H]3NCC[C@H]3C3CCCCC3)ccc2[nH]1.Cl. The normalized spacial score (nSPS) is 22.1. The third-order valence-electron chi connectivity index (χ3n) is 6.22. The van der Waals surface area contributed by atoms with Gasteiger partial charge in [-0.3, -0.25) is 9.59 Å². The van der Waals surface area contributed by atoms with Crippen LogP contribution in [0.3, 0.4) is 0 Å². The molecule has 170 valence electrons. The van der Waals surface area contributed by atoms with Gasteiger partial charge in [0.05, 0.1) is 12.3 Å². The number of benzene rings is 1. The smallest absolute Gasteiger partial charge is 0.281 e. The van der Waals surface area contributed by atoms with Gasteiger partial charge in [0.2, 0.25) is 15.9 Å². The van der Waals surface area contributed by atoms with Crippen molar-refractivity contribution in [2.45, 2.75) is 44.6 Å². The van der Waals surface area contributed by atoms with Crippen LogP contribution in [0.15, 0.2) is 24.3 Å². The Labute approximate surface area is 188 Å². The Morgan fingerprint density at radius 1 is 1.06 bits per heavy atom. The van der Waals surface area contributed by atoms with Gasteiger partial charge in [0.15, 0.2) is 0 Å². The van der Waals surface area contributed by atoms with E-state index < -0.39 is 15.9 Å². The first kappa shape index (κ1) is 23.6. The van der Waals surface area contributed by atoms with Gasteiger partial charge in [-0.25, -0.2) is 13.1 Å². The lowest BCUT2D eigenvalue weighted by Crippen LogP contribution is -2.42. The first-order valence-electron chi connectivity index (χ1n) is 10.5. The summed E-state index contributed by atoms with van der Waals surface area (Å²) in [6.07, 6.45) is 8.21. The maximum Gasteiger partial charge on any atom is 0.281 e. The van der Waals surface area contributed by atoms with Crippen molar-refractivity contribution in [2.24, 2.45) is 11.8 Å². The van der Waals surface area contributed by atoms with Crippen LogP contribution >= 0.6 is 12.4 Å². The molecule has 31 heavy (non-hydrogen) atoms. The largest absolute Gasteiger partial charge is 0.350 e. The molecule has 2 aliphatic rings. The molecule has 0 bridgehead atoms. The van der Waals surface area contributed by atoms with Crippen LogP contribution in [0, 0.1) is 11.8 Å². The highest BCUT2D eigenvalue weighted by Crippen LogP contribution is 2.36. The number of hydrogen-bond acceptors (Lipinski definition) is 5. The zero-order chi connectivity index (χ0) is 21.3. The predicted molar refractivity (Wildman–Crippen MR) is 123 cm³/mol. The number of hydrogen-bond donors (Lipinski definition) is 4. The quantitative estimate of drug-likeness (QED) is 0.537. The second kappa shape index (κ2) is 9.58. The first-order chi connectivity index (χ1) is 14.3. The number of anilines is 1. The molecule has 1 saturated heterocycles. The van der Waals surface area contributed by atoms with Crippen LogP contribution in [0.1, 0.15) is 49.0 Å². The molecular weight excluding hydrogens is 440 g/mol. The van der Waals surface area contributed by atoms with Crippen LogP contribution in [0.2, 0.25) is 0 Å². The summed E-state index contributed by atoms with van der Waals surface area (Å²) in [5, 5.41) is 7.10. The topological polar surface area (TPSA) is 120 Å². The summed E-state index contributed by atoms with van der Waals surface area (Å²) in [5.41, 5.74) is 1.48. The van der Waals surface area contributed by atoms with E-state index in [-0.39, 0.29) is 30.0 Å². The van der Waals surface area contributed by atoms with E-state index in [2.05, 4.69) is 15.6 Å². The first-order valence-corrected chi connectivity index (χ1v) is 12.4. The number of H-pyrrole nitrogens is 1. The van der Waals surface area contributed by atoms with Crippen molar-refractivity contribution in [2.75, 3.05) is 18.1 Å². The number of halogens is 1. The summed E-state index contributed by atoms with van der Waals surface area (Å²) >= 11 is 0. The van der Waals surface area contributed by atoms with Crippen molar-refractivity contribution in [3.8, 4) is 0 Å². The fourth-order valence-corrected chi connectivity index (χ4v) is 5.30. The number of amides is 2. The highest BCUT2D eigenvalue weighted by Gasteiger charge is 2.38. The molecule has 2 aromatic rings. The molecule has 8 nitrogen and oxygen atoms in total. The molecule has 2 heterocycles. The van der Waals surface area contributed by atoms with Crippen molar-refractivity contribution in [1.29, 1.82) is 0 Å². The summed E-state index contributed by atoms with van der Waals surface area (Å²) in [5.74, 6) is 0.262. The molecular formula is C21H29ClN4O4S. The Morgan fingerprint density at radius 2 is 1.81 bits per heavy atom. The fourth-order valence-electron chi connectivity index (χ4n) is 4.86. The van der Waals surface area contributed by atoms with Gasteiger partial charge in [0.25, 0.3) is 5.91 Å². The Bertz CT molecular complexity index is 1060. The number of aromatic amines is 1. The zero-order valence-electron chi connectivity index (χ0n) is 17.4. The van der Waals surface area contributed by atoms with Crippen molar-refractivity contribution in [3.05, 3.63) is 30.0 Å². The molecule has 0 radical (unpaired) electrons. The van der Waals surface area contributed by atoms with Gasteiger partial charge in [-0.15, -0.1) is 12.4 Å². The van der Waals surface area contributed by atoms with Gasteiger partial charge in [0.1, 0.15) is 5.69 Å². The van der Waals surface area contributed by atoms with Crippen LogP contribution in [-0.4, -0.2) is 44.1 Å². The third-order valence-corrected chi connectivity index (χ3v) is 6.78. The average molecular weight is 469 g/mol. The summed E-state index contributed by atoms with van der Waals surface area (Å²) in [4.78, 5) is 27.9. The maximum absolute atomic E-state index is 13.0. The number of carbonyl (C=O) groups is 2. The second-order valence-electron chi connectivity index (χ2n) is 8.46. The monoisotopic (exact) mass is 468 g/mol. The number of aromatic nitrogens is 1. The van der Waals surface area contributed by atoms with Crippen LogP contribution in [0.25, 0.3) is 10.9 Å². The maximum atomic E-state index is 13.0. The number of fused-ring (bicyclic) bond motifs is 1. The minimum Gasteiger partial charge on any atom is -0.350 e. The molecule has 1 aromatic carbocycles. The van der Waals surface area contributed by atoms with Crippen LogP contribution in [0.5, 0.6) is 0 Å². The van der Waals surface area contributed by atoms with Gasteiger partial charge in [-0.2, -0.15) is 0 Å². The van der Waals surface area contributed by atoms with Crippen molar-refractivity contribution < 1.29 is 18.0 Å². The van der Waals surface area contributed by atoms with Crippen LogP contribution in [-0.2, 0) is 14.8 Å². The highest BCUT2D eigenvalue weighted by molar-refractivity contribution is 7.89. The molecule has 1 aliphatic carbocycles. The van der Waals surface area contributed by atoms with E-state index in [1.165, 1.54) is 32.1 Å². The molecule has 0 unspecified atom stereocenters. The van der Waals surface area contributed by atoms with Crippen molar-refractivity contribution in [1.82, 2.24) is 15.0 Å². The second-order valence-corrected chi connectivity index (χ2v) is 10.2. The molecule has 2 amide bonds. The molecule has 2 fully saturated rings. The Balaban J connectivity index is 0.00000272. The van der Waals surface area contributed by atoms with E-state index in [1.807, 2.05) is 4.72 Å². The Hall–Kier alpha value is -2.10. The van der Waals surface area contributed by atoms with Crippen LogP contribution in [0.4, 0.5) is 5.69 Å². The van der Waals surface area contributed by atoms with Gasteiger partial charge in [-0.1, -0.05) is 32.1 Å². The number of carbonyl (C=O) groups excluding carboxylic acids is 2. The lowest BCUT2D eigenvalue weighted by molar-refractivity contribution is -0.119. The molecule has 2 atom stereocenters. The fraction of sp³-hybridized carbons (Fsp3) is 0.524. The lowest BCUT2D eigenvalue weighted by atomic mass is 9.76. The summed E-state index contributed by atoms with van der Waals surface area (Å²) in [6, 6.07) is 6.73. The van der Waals surface area contributed by atoms with Crippen LogP contribution < -0.4 is 15.4 Å². The van der Waals surface area contributed by atoms with Crippen molar-refractivity contribution in [3.63, 3.8) is 0 Å². The van der Waals surface area contributed by atoms with E-state index in [1.54, 1.807) is 24.3 Å². The molecule has 10 heteroatoms. The van der Waals surface area contributed by atoms with E-state index in [0.29, 0.717) is 23.0 Å². The third kappa shape index (κ3) is 5.58. The van der Waals surface area contributed by atoms with Gasteiger partial charge in [-0.05, 0) is 49.1 Å². The van der Waals surface area contributed by atoms with E-state index in [0.717, 1.165) is 24.6 Å². The Morgan fingerprint density at radius 3 is 2.52 bits per heavy atom. The van der Waals surface area contributed by atoms with E-state index in [4.69, 9.17) is 0 Å². The highest BCUT2D eigenvalue weighted by atomic mass is 35.5. The van der Waals surface area contributed by atoms with E-state index >= 15 is 0 Å². The zero-order valence-corrected chi connectivity index (χ0v) is 19.1. The van der Waals surface area contributed by atoms with Gasteiger partial charge in [0, 0.05) is 16.6 Å². The summed E-state index contributed by atoms with van der Waals surface area (Å²) in [6.45, 7) is 0.870. The molecule has 0 spiro atoms. The van der Waals surface area contributed by atoms with Gasteiger partial charge >= 0.3 is 0 Å². The average Bonchev–Trinajstić information content (AvgIpc) is 3.34. The molecule has 4 rings (SSSR count). The Kier molecular flexibility index (Phi) is 7.28. The standard InChI is InChI=1S/C21H28N4O4S.ClH/c1-30(28,29)25-20(26)18-12-14-11-15(7-8-17(14)24-18)23-21(27)19-16(9-10-22-19)13-5-3-2-4-6-13;/h7-8,11-13,16,19,22,24H,2-6,9-10H2,1H3,(H,23,27)(H,25,26);1H/t16-,19-;/m0./s1. The number of sulfonamides is 1. The van der Waals surface area contributed by atoms with Crippen molar-refractivity contribution >= 4 is 50.8 Å². The number of nitrogens with one attached hydrogen (secondary N) is 4. The molecule has 1 aromatic heterocycles. The predicted octanol–water partition coefficient (Wildman–Crippen LogP) is 2.78. The minimum absolute atomic E-state index is 0. The minimum atomic E-state index is -3.64. The molecule has 1 aliphatic heterocycles.